The van der Waals surface area contributed by atoms with Crippen LogP contribution in [0, 0.1) is 0 Å². The molecule has 2 aliphatic heterocycles. The number of benzene rings is 2. The zero-order valence-electron chi connectivity index (χ0n) is 36.5. The maximum atomic E-state index is 13.0. The number of ether oxygens (including phenoxy) is 4. The van der Waals surface area contributed by atoms with Gasteiger partial charge >= 0.3 is 23.2 Å². The van der Waals surface area contributed by atoms with Crippen LogP contribution < -0.4 is 9.47 Å². The number of methoxy groups -OCH3 is 2. The summed E-state index contributed by atoms with van der Waals surface area (Å²) >= 11 is 15.4. The molecule has 2 aliphatic rings. The Morgan fingerprint density at radius 2 is 1.11 bits per heavy atom. The number of likely N-dealkylation sites (tertiary alicyclic amines) is 2. The van der Waals surface area contributed by atoms with E-state index in [9.17, 15) is 35.9 Å². The Hall–Kier alpha value is -2.63. The van der Waals surface area contributed by atoms with Crippen molar-refractivity contribution in [1.82, 2.24) is 19.8 Å². The number of alkyl halides is 6. The molecule has 358 valence electrons. The molecular formula is C42H47Br2ClF6N4O6S4. The molecule has 10 nitrogen and oxygen atoms in total. The quantitative estimate of drug-likeness (QED) is 0.125. The molecule has 0 N–H and O–H groups in total. The first-order valence-corrected chi connectivity index (χ1v) is 25.3. The SMILES string of the molecule is COc1c(Br)cc(-c2csc(C3CCN(C(=O)OC(C)(C)C)CC3)n2)cc1SC(F)(F)F.COc1c(Br)cc(-c2nc(C3CCN(C(=O)OC(C)(C)C)CC3)sc2Cl)cc1SC(F)(F)F. The maximum absolute atomic E-state index is 13.0. The normalized spacial score (nSPS) is 15.6. The van der Waals surface area contributed by atoms with E-state index < -0.39 is 22.2 Å². The van der Waals surface area contributed by atoms with Crippen LogP contribution in [-0.2, 0) is 9.47 Å². The van der Waals surface area contributed by atoms with Crippen molar-refractivity contribution in [2.75, 3.05) is 40.4 Å². The number of hydrogen-bond donors (Lipinski definition) is 0. The van der Waals surface area contributed by atoms with Gasteiger partial charge in [0.2, 0.25) is 0 Å². The highest BCUT2D eigenvalue weighted by Crippen LogP contribution is 2.49. The van der Waals surface area contributed by atoms with Gasteiger partial charge in [0.05, 0.1) is 48.7 Å². The first kappa shape index (κ1) is 53.3. The average Bonchev–Trinajstić information content (AvgIpc) is 3.83. The molecule has 0 spiro atoms. The van der Waals surface area contributed by atoms with Crippen LogP contribution in [0.2, 0.25) is 4.34 Å². The van der Waals surface area contributed by atoms with Gasteiger partial charge in [0.1, 0.15) is 32.7 Å². The van der Waals surface area contributed by atoms with Crippen LogP contribution in [0.3, 0.4) is 0 Å². The molecule has 65 heavy (non-hydrogen) atoms. The van der Waals surface area contributed by atoms with Crippen molar-refractivity contribution in [1.29, 1.82) is 0 Å². The first-order valence-electron chi connectivity index (χ1n) is 20.0. The summed E-state index contributed by atoms with van der Waals surface area (Å²) in [6.45, 7) is 13.2. The van der Waals surface area contributed by atoms with Gasteiger partial charge in [0.25, 0.3) is 0 Å². The molecule has 0 bridgehead atoms. The van der Waals surface area contributed by atoms with Crippen LogP contribution in [-0.4, -0.2) is 94.6 Å². The van der Waals surface area contributed by atoms with Gasteiger partial charge < -0.3 is 28.7 Å². The fourth-order valence-electron chi connectivity index (χ4n) is 6.77. The summed E-state index contributed by atoms with van der Waals surface area (Å²) < 4.78 is 100. The van der Waals surface area contributed by atoms with Crippen molar-refractivity contribution in [3.63, 3.8) is 0 Å². The van der Waals surface area contributed by atoms with Crippen molar-refractivity contribution in [2.24, 2.45) is 0 Å². The summed E-state index contributed by atoms with van der Waals surface area (Å²) in [7, 11) is 2.66. The van der Waals surface area contributed by atoms with Crippen LogP contribution in [0.1, 0.15) is 89.1 Å². The van der Waals surface area contributed by atoms with E-state index in [1.165, 1.54) is 49.0 Å². The van der Waals surface area contributed by atoms with Crippen LogP contribution >= 0.6 is 89.7 Å². The minimum absolute atomic E-state index is 0.0235. The minimum Gasteiger partial charge on any atom is -0.494 e. The van der Waals surface area contributed by atoms with Gasteiger partial charge in [-0.1, -0.05) is 11.6 Å². The molecule has 0 atom stereocenters. The number of thiazole rings is 2. The Balaban J connectivity index is 0.000000244. The molecule has 23 heteroatoms. The highest BCUT2D eigenvalue weighted by Gasteiger charge is 2.35. The van der Waals surface area contributed by atoms with Crippen LogP contribution in [0.15, 0.2) is 48.4 Å². The number of amides is 2. The highest BCUT2D eigenvalue weighted by molar-refractivity contribution is 9.11. The second kappa shape index (κ2) is 21.8. The summed E-state index contributed by atoms with van der Waals surface area (Å²) in [5.41, 5.74) is -7.89. The average molecular weight is 1140 g/mol. The van der Waals surface area contributed by atoms with E-state index in [-0.39, 0.29) is 68.8 Å². The molecule has 2 saturated heterocycles. The molecule has 0 unspecified atom stereocenters. The fourth-order valence-corrected chi connectivity index (χ4v) is 12.1. The number of carbonyl (C=O) groups excluding carboxylic acids is 2. The van der Waals surface area contributed by atoms with Crippen LogP contribution in [0.25, 0.3) is 22.5 Å². The second-order valence-corrected chi connectivity index (χ2v) is 23.2. The third kappa shape index (κ3) is 15.4. The van der Waals surface area contributed by atoms with E-state index in [0.717, 1.165) is 22.9 Å². The summed E-state index contributed by atoms with van der Waals surface area (Å²) in [5, 5.41) is 3.57. The summed E-state index contributed by atoms with van der Waals surface area (Å²) in [6.07, 6.45) is 2.26. The Kier molecular flexibility index (Phi) is 17.9. The van der Waals surface area contributed by atoms with E-state index in [0.29, 0.717) is 74.8 Å². The third-order valence-corrected chi connectivity index (χ3v) is 14.7. The molecule has 2 aromatic heterocycles. The Bertz CT molecular complexity index is 2310. The van der Waals surface area contributed by atoms with Gasteiger partial charge in [-0.15, -0.1) is 22.7 Å². The number of nitrogens with zero attached hydrogens (tertiary/aromatic N) is 4. The van der Waals surface area contributed by atoms with Crippen molar-refractivity contribution >= 4 is 102 Å². The zero-order valence-corrected chi connectivity index (χ0v) is 43.7. The summed E-state index contributed by atoms with van der Waals surface area (Å²) in [6, 6.07) is 6.20. The lowest BCUT2D eigenvalue weighted by Gasteiger charge is -2.32. The fraction of sp³-hybridized carbons (Fsp3) is 0.524. The molecule has 4 aromatic rings. The predicted molar refractivity (Wildman–Crippen MR) is 252 cm³/mol. The zero-order chi connectivity index (χ0) is 48.2. The molecule has 0 radical (unpaired) electrons. The largest absolute Gasteiger partial charge is 0.494 e. The number of piperidine rings is 2. The minimum atomic E-state index is -4.47. The molecule has 2 aromatic carbocycles. The number of carbonyl (C=O) groups is 2. The summed E-state index contributed by atoms with van der Waals surface area (Å²) in [4.78, 5) is 37.2. The van der Waals surface area contributed by atoms with Crippen LogP contribution in [0.4, 0.5) is 35.9 Å². The molecule has 2 fully saturated rings. The van der Waals surface area contributed by atoms with Gasteiger partial charge in [-0.05, 0) is 147 Å². The lowest BCUT2D eigenvalue weighted by atomic mass is 9.98. The maximum Gasteiger partial charge on any atom is 0.446 e. The Morgan fingerprint density at radius 3 is 1.52 bits per heavy atom. The Morgan fingerprint density at radius 1 is 0.692 bits per heavy atom. The Labute approximate surface area is 412 Å². The number of halogens is 9. The monoisotopic (exact) mass is 1140 g/mol. The van der Waals surface area contributed by atoms with E-state index >= 15 is 0 Å². The smallest absolute Gasteiger partial charge is 0.446 e. The van der Waals surface area contributed by atoms with Crippen molar-refractivity contribution < 1.29 is 54.9 Å². The predicted octanol–water partition coefficient (Wildman–Crippen LogP) is 15.3. The lowest BCUT2D eigenvalue weighted by molar-refractivity contribution is -0.0337. The van der Waals surface area contributed by atoms with Gasteiger partial charge in [-0.2, -0.15) is 26.3 Å². The highest BCUT2D eigenvalue weighted by atomic mass is 79.9. The topological polar surface area (TPSA) is 103 Å². The number of rotatable bonds is 8. The summed E-state index contributed by atoms with van der Waals surface area (Å²) in [5.74, 6) is 0.534. The number of hydrogen-bond acceptors (Lipinski definition) is 12. The van der Waals surface area contributed by atoms with Gasteiger partial charge in [0.15, 0.2) is 0 Å². The van der Waals surface area contributed by atoms with Crippen molar-refractivity contribution in [3.8, 4) is 34.0 Å². The van der Waals surface area contributed by atoms with E-state index in [4.69, 9.17) is 35.5 Å². The van der Waals surface area contributed by atoms with Crippen molar-refractivity contribution in [2.45, 2.75) is 111 Å². The van der Waals surface area contributed by atoms with Crippen molar-refractivity contribution in [3.05, 3.63) is 52.9 Å². The van der Waals surface area contributed by atoms with Crippen LogP contribution in [0.5, 0.6) is 11.5 Å². The van der Waals surface area contributed by atoms with E-state index in [2.05, 4.69) is 36.8 Å². The third-order valence-electron chi connectivity index (χ3n) is 9.56. The van der Waals surface area contributed by atoms with E-state index in [1.54, 1.807) is 21.9 Å². The standard InChI is InChI=1S/C21H23BrClF3N2O3S2.C21H24BrF3N2O3S2/c1-20(2,3)31-19(29)28-7-5-11(6-8-28)18-27-15(17(23)32-18)12-9-13(22)16(30-4)14(10-12)33-21(24,25)26;1-20(2,3)30-19(28)27-7-5-12(6-8-27)18-26-15(11-31-18)13-9-14(22)17(29-4)16(10-13)32-21(23,24)25/h9-11H,5-8H2,1-4H3;9-12H,5-8H2,1-4H3. The van der Waals surface area contributed by atoms with Gasteiger partial charge in [0, 0.05) is 54.5 Å². The molecule has 0 aliphatic carbocycles. The second-order valence-electron chi connectivity index (χ2n) is 16.8. The molecular weight excluding hydrogens is 1090 g/mol. The molecule has 6 rings (SSSR count). The number of aromatic nitrogens is 2. The number of thioether (sulfide) groups is 2. The molecule has 0 saturated carbocycles. The lowest BCUT2D eigenvalue weighted by Crippen LogP contribution is -2.41. The van der Waals surface area contributed by atoms with Gasteiger partial charge in [-0.3, -0.25) is 0 Å². The first-order chi connectivity index (χ1) is 30.1. The molecule has 4 heterocycles. The van der Waals surface area contributed by atoms with E-state index in [1.807, 2.05) is 46.9 Å². The van der Waals surface area contributed by atoms with Gasteiger partial charge in [-0.25, -0.2) is 19.6 Å². The molecule has 2 amide bonds.